The highest BCUT2D eigenvalue weighted by Crippen LogP contribution is 2.25. The van der Waals surface area contributed by atoms with Crippen LogP contribution in [0.4, 0.5) is 0 Å². The molecule has 3 rings (SSSR count). The Labute approximate surface area is 139 Å². The van der Waals surface area contributed by atoms with Gasteiger partial charge in [0.15, 0.2) is 0 Å². The molecule has 2 atom stereocenters. The van der Waals surface area contributed by atoms with E-state index in [0.29, 0.717) is 12.1 Å². The molecule has 2 N–H and O–H groups in total. The van der Waals surface area contributed by atoms with Crippen LogP contribution in [0.15, 0.2) is 48.5 Å². The highest BCUT2D eigenvalue weighted by Gasteiger charge is 2.25. The highest BCUT2D eigenvalue weighted by atomic mass is 16.5. The molecule has 1 aliphatic rings. The van der Waals surface area contributed by atoms with E-state index in [1.54, 1.807) is 7.11 Å². The maximum absolute atomic E-state index is 5.50. The molecule has 2 aromatic rings. The number of aryl methyl sites for hydroxylation is 1. The standard InChI is InChI=1S/C20H26N2O/c1-15-10-11-19(23-2)17(13-15)14-22-18-9-6-12-21-20(18)16-7-4-3-5-8-16/h3-5,7-8,10-11,13,18,20-22H,6,9,12,14H2,1-2H3/t18-,20-/m1/s1. The molecule has 122 valence electrons. The van der Waals surface area contributed by atoms with Gasteiger partial charge in [-0.05, 0) is 37.9 Å². The van der Waals surface area contributed by atoms with Crippen molar-refractivity contribution in [2.75, 3.05) is 13.7 Å². The summed E-state index contributed by atoms with van der Waals surface area (Å²) in [5.41, 5.74) is 3.86. The molecular formula is C20H26N2O. The van der Waals surface area contributed by atoms with Gasteiger partial charge in [-0.3, -0.25) is 0 Å². The molecule has 0 amide bonds. The summed E-state index contributed by atoms with van der Waals surface area (Å²) >= 11 is 0. The summed E-state index contributed by atoms with van der Waals surface area (Å²) in [6.45, 7) is 4.05. The Balaban J connectivity index is 1.72. The second-order valence-electron chi connectivity index (χ2n) is 6.29. The van der Waals surface area contributed by atoms with Crippen molar-refractivity contribution >= 4 is 0 Å². The van der Waals surface area contributed by atoms with Crippen molar-refractivity contribution in [2.24, 2.45) is 0 Å². The van der Waals surface area contributed by atoms with Gasteiger partial charge < -0.3 is 15.4 Å². The largest absolute Gasteiger partial charge is 0.496 e. The normalized spacial score (nSPS) is 21.1. The molecule has 0 aliphatic carbocycles. The van der Waals surface area contributed by atoms with Gasteiger partial charge >= 0.3 is 0 Å². The van der Waals surface area contributed by atoms with Crippen LogP contribution in [0.1, 0.15) is 35.6 Å². The third-order valence-corrected chi connectivity index (χ3v) is 4.61. The Kier molecular flexibility index (Phi) is 5.31. The average molecular weight is 310 g/mol. The first kappa shape index (κ1) is 16.0. The van der Waals surface area contributed by atoms with Crippen molar-refractivity contribution in [2.45, 2.75) is 38.4 Å². The lowest BCUT2D eigenvalue weighted by molar-refractivity contribution is 0.303. The van der Waals surface area contributed by atoms with Gasteiger partial charge in [0.25, 0.3) is 0 Å². The second kappa shape index (κ2) is 7.62. The molecule has 1 aliphatic heterocycles. The predicted molar refractivity (Wildman–Crippen MR) is 94.8 cm³/mol. The minimum atomic E-state index is 0.376. The molecule has 1 fully saturated rings. The van der Waals surface area contributed by atoms with Crippen molar-refractivity contribution < 1.29 is 4.74 Å². The number of benzene rings is 2. The minimum Gasteiger partial charge on any atom is -0.496 e. The van der Waals surface area contributed by atoms with E-state index in [4.69, 9.17) is 4.74 Å². The van der Waals surface area contributed by atoms with Gasteiger partial charge in [-0.2, -0.15) is 0 Å². The third-order valence-electron chi connectivity index (χ3n) is 4.61. The summed E-state index contributed by atoms with van der Waals surface area (Å²) < 4.78 is 5.50. The molecule has 1 heterocycles. The van der Waals surface area contributed by atoms with Crippen LogP contribution in [-0.2, 0) is 6.54 Å². The molecule has 1 saturated heterocycles. The van der Waals surface area contributed by atoms with Crippen LogP contribution >= 0.6 is 0 Å². The summed E-state index contributed by atoms with van der Waals surface area (Å²) in [6.07, 6.45) is 2.41. The van der Waals surface area contributed by atoms with E-state index >= 15 is 0 Å². The fraction of sp³-hybridized carbons (Fsp3) is 0.400. The fourth-order valence-corrected chi connectivity index (χ4v) is 3.41. The van der Waals surface area contributed by atoms with E-state index in [1.807, 2.05) is 0 Å². The topological polar surface area (TPSA) is 33.3 Å². The number of ether oxygens (including phenoxy) is 1. The number of rotatable bonds is 5. The number of methoxy groups -OCH3 is 1. The number of piperidine rings is 1. The van der Waals surface area contributed by atoms with Gasteiger partial charge in [-0.1, -0.05) is 48.0 Å². The third kappa shape index (κ3) is 3.92. The number of hydrogen-bond donors (Lipinski definition) is 2. The van der Waals surface area contributed by atoms with Crippen LogP contribution in [0.25, 0.3) is 0 Å². The van der Waals surface area contributed by atoms with Crippen molar-refractivity contribution in [3.63, 3.8) is 0 Å². The zero-order chi connectivity index (χ0) is 16.1. The SMILES string of the molecule is COc1ccc(C)cc1CN[C@@H]1CCCN[C@@H]1c1ccccc1. The van der Waals surface area contributed by atoms with Gasteiger partial charge in [0.05, 0.1) is 7.11 Å². The zero-order valence-electron chi connectivity index (χ0n) is 14.0. The maximum atomic E-state index is 5.50. The van der Waals surface area contributed by atoms with Crippen molar-refractivity contribution in [3.8, 4) is 5.75 Å². The van der Waals surface area contributed by atoms with Crippen molar-refractivity contribution in [1.29, 1.82) is 0 Å². The van der Waals surface area contributed by atoms with Gasteiger partial charge in [0.1, 0.15) is 5.75 Å². The van der Waals surface area contributed by atoms with E-state index in [9.17, 15) is 0 Å². The van der Waals surface area contributed by atoms with E-state index in [0.717, 1.165) is 18.8 Å². The molecule has 0 saturated carbocycles. The van der Waals surface area contributed by atoms with Crippen LogP contribution < -0.4 is 15.4 Å². The Morgan fingerprint density at radius 3 is 2.78 bits per heavy atom. The van der Waals surface area contributed by atoms with Crippen molar-refractivity contribution in [3.05, 3.63) is 65.2 Å². The number of nitrogens with one attached hydrogen (secondary N) is 2. The van der Waals surface area contributed by atoms with Crippen LogP contribution in [-0.4, -0.2) is 19.7 Å². The van der Waals surface area contributed by atoms with Crippen LogP contribution in [0.2, 0.25) is 0 Å². The fourth-order valence-electron chi connectivity index (χ4n) is 3.41. The minimum absolute atomic E-state index is 0.376. The first-order chi connectivity index (χ1) is 11.3. The van der Waals surface area contributed by atoms with Gasteiger partial charge in [0, 0.05) is 24.2 Å². The van der Waals surface area contributed by atoms with Gasteiger partial charge in [-0.15, -0.1) is 0 Å². The quantitative estimate of drug-likeness (QED) is 0.885. The first-order valence-corrected chi connectivity index (χ1v) is 8.43. The molecular weight excluding hydrogens is 284 g/mol. The second-order valence-corrected chi connectivity index (χ2v) is 6.29. The summed E-state index contributed by atoms with van der Waals surface area (Å²) in [6, 6.07) is 17.9. The molecule has 3 heteroatoms. The molecule has 2 aromatic carbocycles. The summed E-state index contributed by atoms with van der Waals surface area (Å²) in [7, 11) is 1.74. The summed E-state index contributed by atoms with van der Waals surface area (Å²) in [5, 5.41) is 7.41. The highest BCUT2D eigenvalue weighted by molar-refractivity contribution is 5.36. The Bertz CT molecular complexity index is 627. The van der Waals surface area contributed by atoms with Gasteiger partial charge in [0.2, 0.25) is 0 Å². The lowest BCUT2D eigenvalue weighted by Gasteiger charge is -2.34. The molecule has 0 aromatic heterocycles. The number of hydrogen-bond acceptors (Lipinski definition) is 3. The smallest absolute Gasteiger partial charge is 0.123 e. The molecule has 3 nitrogen and oxygen atoms in total. The average Bonchev–Trinajstić information content (AvgIpc) is 2.61. The Morgan fingerprint density at radius 1 is 1.17 bits per heavy atom. The summed E-state index contributed by atoms with van der Waals surface area (Å²) in [5.74, 6) is 0.961. The predicted octanol–water partition coefficient (Wildman–Crippen LogP) is 3.59. The molecule has 0 bridgehead atoms. The van der Waals surface area contributed by atoms with E-state index in [1.165, 1.54) is 29.5 Å². The van der Waals surface area contributed by atoms with E-state index < -0.39 is 0 Å². The molecule has 0 unspecified atom stereocenters. The van der Waals surface area contributed by atoms with E-state index in [-0.39, 0.29) is 0 Å². The lowest BCUT2D eigenvalue weighted by Crippen LogP contribution is -2.45. The van der Waals surface area contributed by atoms with Crippen LogP contribution in [0.5, 0.6) is 5.75 Å². The monoisotopic (exact) mass is 310 g/mol. The van der Waals surface area contributed by atoms with Gasteiger partial charge in [-0.25, -0.2) is 0 Å². The van der Waals surface area contributed by atoms with Crippen LogP contribution in [0.3, 0.4) is 0 Å². The first-order valence-electron chi connectivity index (χ1n) is 8.43. The summed E-state index contributed by atoms with van der Waals surface area (Å²) in [4.78, 5) is 0. The van der Waals surface area contributed by atoms with E-state index in [2.05, 4.69) is 66.1 Å². The lowest BCUT2D eigenvalue weighted by atomic mass is 9.92. The molecule has 0 spiro atoms. The zero-order valence-corrected chi connectivity index (χ0v) is 14.0. The maximum Gasteiger partial charge on any atom is 0.123 e. The molecule has 0 radical (unpaired) electrons. The van der Waals surface area contributed by atoms with Crippen LogP contribution in [0, 0.1) is 6.92 Å². The Hall–Kier alpha value is -1.84. The van der Waals surface area contributed by atoms with Crippen molar-refractivity contribution in [1.82, 2.24) is 10.6 Å². The molecule has 23 heavy (non-hydrogen) atoms. The Morgan fingerprint density at radius 2 is 2.00 bits per heavy atom.